The summed E-state index contributed by atoms with van der Waals surface area (Å²) in [6.07, 6.45) is 2.49. The van der Waals surface area contributed by atoms with E-state index in [-0.39, 0.29) is 0 Å². The summed E-state index contributed by atoms with van der Waals surface area (Å²) in [5.41, 5.74) is 2.21. The van der Waals surface area contributed by atoms with Crippen LogP contribution in [0.15, 0.2) is 18.2 Å². The molecule has 0 aliphatic carbocycles. The van der Waals surface area contributed by atoms with E-state index in [9.17, 15) is 0 Å². The highest BCUT2D eigenvalue weighted by molar-refractivity contribution is 5.09. The number of nitrogens with one attached hydrogen (secondary N) is 1. The molecule has 2 rings (SSSR count). The van der Waals surface area contributed by atoms with Crippen LogP contribution in [0.2, 0.25) is 0 Å². The minimum atomic E-state index is 0.679. The molecular weight excluding hydrogens is 200 g/mol. The molecule has 1 aliphatic heterocycles. The highest BCUT2D eigenvalue weighted by Crippen LogP contribution is 2.12. The highest BCUT2D eigenvalue weighted by atomic mass is 16.5. The minimum Gasteiger partial charge on any atom is -0.381 e. The van der Waals surface area contributed by atoms with Crippen molar-refractivity contribution in [2.24, 2.45) is 5.92 Å². The molecule has 2 heterocycles. The van der Waals surface area contributed by atoms with E-state index in [1.807, 2.05) is 13.0 Å². The van der Waals surface area contributed by atoms with Gasteiger partial charge < -0.3 is 10.1 Å². The Morgan fingerprint density at radius 3 is 3.19 bits per heavy atom. The molecule has 1 aromatic rings. The topological polar surface area (TPSA) is 34.1 Å². The number of aromatic nitrogens is 1. The zero-order chi connectivity index (χ0) is 11.2. The predicted octanol–water partition coefficient (Wildman–Crippen LogP) is 1.91. The average molecular weight is 220 g/mol. The maximum absolute atomic E-state index is 5.45. The molecule has 1 fully saturated rings. The molecule has 1 saturated heterocycles. The summed E-state index contributed by atoms with van der Waals surface area (Å²) in [5, 5.41) is 3.46. The Bertz CT molecular complexity index is 321. The first-order chi connectivity index (χ1) is 7.84. The number of rotatable bonds is 4. The maximum Gasteiger partial charge on any atom is 0.0544 e. The van der Waals surface area contributed by atoms with Crippen molar-refractivity contribution < 1.29 is 4.74 Å². The van der Waals surface area contributed by atoms with E-state index in [1.165, 1.54) is 12.8 Å². The van der Waals surface area contributed by atoms with Gasteiger partial charge in [-0.05, 0) is 37.8 Å². The number of hydrogen-bond donors (Lipinski definition) is 1. The largest absolute Gasteiger partial charge is 0.381 e. The second-order valence-electron chi connectivity index (χ2n) is 4.48. The Labute approximate surface area is 97.2 Å². The summed E-state index contributed by atoms with van der Waals surface area (Å²) in [7, 11) is 0. The van der Waals surface area contributed by atoms with E-state index < -0.39 is 0 Å². The van der Waals surface area contributed by atoms with Crippen LogP contribution in [-0.2, 0) is 11.3 Å². The van der Waals surface area contributed by atoms with E-state index in [2.05, 4.69) is 22.4 Å². The lowest BCUT2D eigenvalue weighted by atomic mass is 10.0. The van der Waals surface area contributed by atoms with Gasteiger partial charge in [-0.15, -0.1) is 0 Å². The van der Waals surface area contributed by atoms with Crippen molar-refractivity contribution in [3.63, 3.8) is 0 Å². The van der Waals surface area contributed by atoms with Crippen LogP contribution in [0.3, 0.4) is 0 Å². The van der Waals surface area contributed by atoms with E-state index >= 15 is 0 Å². The van der Waals surface area contributed by atoms with Crippen molar-refractivity contribution in [3.05, 3.63) is 29.6 Å². The fourth-order valence-electron chi connectivity index (χ4n) is 2.07. The first-order valence-electron chi connectivity index (χ1n) is 6.05. The predicted molar refractivity (Wildman–Crippen MR) is 64.2 cm³/mol. The van der Waals surface area contributed by atoms with Crippen LogP contribution >= 0.6 is 0 Å². The Balaban J connectivity index is 1.71. The van der Waals surface area contributed by atoms with Crippen molar-refractivity contribution in [2.75, 3.05) is 19.8 Å². The maximum atomic E-state index is 5.45. The fourth-order valence-corrected chi connectivity index (χ4v) is 2.07. The van der Waals surface area contributed by atoms with Gasteiger partial charge in [0.1, 0.15) is 0 Å². The molecule has 3 heteroatoms. The third-order valence-corrected chi connectivity index (χ3v) is 2.94. The molecule has 0 aromatic carbocycles. The third-order valence-electron chi connectivity index (χ3n) is 2.94. The molecule has 0 radical (unpaired) electrons. The van der Waals surface area contributed by atoms with Crippen LogP contribution in [0.1, 0.15) is 24.2 Å². The third kappa shape index (κ3) is 3.58. The second-order valence-corrected chi connectivity index (χ2v) is 4.48. The lowest BCUT2D eigenvalue weighted by molar-refractivity contribution is 0.0547. The summed E-state index contributed by atoms with van der Waals surface area (Å²) in [6.45, 7) is 5.77. The molecule has 16 heavy (non-hydrogen) atoms. The molecule has 1 atom stereocenters. The van der Waals surface area contributed by atoms with Gasteiger partial charge in [0, 0.05) is 25.4 Å². The van der Waals surface area contributed by atoms with Gasteiger partial charge in [0.2, 0.25) is 0 Å². The zero-order valence-corrected chi connectivity index (χ0v) is 9.91. The fraction of sp³-hybridized carbons (Fsp3) is 0.615. The van der Waals surface area contributed by atoms with Gasteiger partial charge in [-0.25, -0.2) is 0 Å². The van der Waals surface area contributed by atoms with Crippen molar-refractivity contribution in [1.29, 1.82) is 0 Å². The van der Waals surface area contributed by atoms with Crippen LogP contribution in [-0.4, -0.2) is 24.7 Å². The summed E-state index contributed by atoms with van der Waals surface area (Å²) < 4.78 is 5.45. The average Bonchev–Trinajstić information content (AvgIpc) is 2.30. The normalized spacial score (nSPS) is 20.9. The van der Waals surface area contributed by atoms with Crippen molar-refractivity contribution >= 4 is 0 Å². The number of hydrogen-bond acceptors (Lipinski definition) is 3. The van der Waals surface area contributed by atoms with Crippen LogP contribution in [0.25, 0.3) is 0 Å². The monoisotopic (exact) mass is 220 g/mol. The lowest BCUT2D eigenvalue weighted by Gasteiger charge is -2.22. The number of nitrogens with zero attached hydrogens (tertiary/aromatic N) is 1. The molecule has 3 nitrogen and oxygen atoms in total. The van der Waals surface area contributed by atoms with Gasteiger partial charge in [-0.2, -0.15) is 0 Å². The molecule has 1 aromatic heterocycles. The summed E-state index contributed by atoms with van der Waals surface area (Å²) >= 11 is 0. The van der Waals surface area contributed by atoms with Crippen LogP contribution in [0.5, 0.6) is 0 Å². The minimum absolute atomic E-state index is 0.679. The Morgan fingerprint density at radius 1 is 1.50 bits per heavy atom. The highest BCUT2D eigenvalue weighted by Gasteiger charge is 2.12. The van der Waals surface area contributed by atoms with Crippen molar-refractivity contribution in [1.82, 2.24) is 10.3 Å². The smallest absolute Gasteiger partial charge is 0.0544 e. The first kappa shape index (κ1) is 11.6. The van der Waals surface area contributed by atoms with E-state index in [0.29, 0.717) is 5.92 Å². The van der Waals surface area contributed by atoms with Gasteiger partial charge in [0.05, 0.1) is 12.3 Å². The zero-order valence-electron chi connectivity index (χ0n) is 9.91. The van der Waals surface area contributed by atoms with E-state index in [0.717, 1.165) is 37.7 Å². The first-order valence-corrected chi connectivity index (χ1v) is 6.05. The lowest BCUT2D eigenvalue weighted by Crippen LogP contribution is -2.29. The molecular formula is C13H20N2O. The Kier molecular flexibility index (Phi) is 4.31. The van der Waals surface area contributed by atoms with Crippen LogP contribution < -0.4 is 5.32 Å². The second kappa shape index (κ2) is 5.97. The molecule has 0 bridgehead atoms. The molecule has 1 unspecified atom stereocenters. The Morgan fingerprint density at radius 2 is 2.44 bits per heavy atom. The van der Waals surface area contributed by atoms with Crippen molar-refractivity contribution in [2.45, 2.75) is 26.3 Å². The van der Waals surface area contributed by atoms with Gasteiger partial charge in [0.25, 0.3) is 0 Å². The SMILES string of the molecule is Cc1cccc(CNCC2CCCOC2)n1. The number of aryl methyl sites for hydroxylation is 1. The van der Waals surface area contributed by atoms with Gasteiger partial charge in [0.15, 0.2) is 0 Å². The summed E-state index contributed by atoms with van der Waals surface area (Å²) in [6, 6.07) is 6.15. The number of ether oxygens (including phenoxy) is 1. The number of pyridine rings is 1. The quantitative estimate of drug-likeness (QED) is 0.841. The molecule has 1 N–H and O–H groups in total. The van der Waals surface area contributed by atoms with Crippen LogP contribution in [0, 0.1) is 12.8 Å². The van der Waals surface area contributed by atoms with E-state index in [4.69, 9.17) is 4.74 Å². The van der Waals surface area contributed by atoms with Gasteiger partial charge in [-0.1, -0.05) is 6.07 Å². The van der Waals surface area contributed by atoms with Gasteiger partial charge in [-0.3, -0.25) is 4.98 Å². The van der Waals surface area contributed by atoms with Crippen LogP contribution in [0.4, 0.5) is 0 Å². The molecule has 1 aliphatic rings. The summed E-state index contributed by atoms with van der Waals surface area (Å²) in [4.78, 5) is 4.46. The molecule has 88 valence electrons. The molecule has 0 saturated carbocycles. The molecule has 0 spiro atoms. The standard InChI is InChI=1S/C13H20N2O/c1-11-4-2-6-13(15-11)9-14-8-12-5-3-7-16-10-12/h2,4,6,12,14H,3,5,7-10H2,1H3. The van der Waals surface area contributed by atoms with Gasteiger partial charge >= 0.3 is 0 Å². The molecule has 0 amide bonds. The summed E-state index contributed by atoms with van der Waals surface area (Å²) in [5.74, 6) is 0.679. The Hall–Kier alpha value is -0.930. The van der Waals surface area contributed by atoms with E-state index in [1.54, 1.807) is 0 Å². The van der Waals surface area contributed by atoms with Crippen molar-refractivity contribution in [3.8, 4) is 0 Å².